The van der Waals surface area contributed by atoms with E-state index in [9.17, 15) is 4.79 Å². The van der Waals surface area contributed by atoms with Gasteiger partial charge in [0, 0.05) is 12.3 Å². The Hall–Kier alpha value is -2.46. The predicted octanol–water partition coefficient (Wildman–Crippen LogP) is 5.09. The Morgan fingerprint density at radius 3 is 2.70 bits per heavy atom. The number of carbonyl (C=O) groups excluding carboxylic acids is 1. The second-order valence-electron chi connectivity index (χ2n) is 5.05. The van der Waals surface area contributed by atoms with Crippen LogP contribution >= 0.6 is 15.9 Å². The zero-order chi connectivity index (χ0) is 16.2. The van der Waals surface area contributed by atoms with E-state index in [1.807, 2.05) is 54.6 Å². The average molecular weight is 368 g/mol. The van der Waals surface area contributed by atoms with Gasteiger partial charge in [-0.3, -0.25) is 4.79 Å². The molecule has 2 aromatic carbocycles. The fourth-order valence-corrected chi connectivity index (χ4v) is 2.69. The van der Waals surface area contributed by atoms with Crippen molar-refractivity contribution in [2.24, 2.45) is 0 Å². The van der Waals surface area contributed by atoms with Crippen LogP contribution in [0.3, 0.4) is 0 Å². The molecule has 0 amide bonds. The minimum Gasteiger partial charge on any atom is -0.426 e. The van der Waals surface area contributed by atoms with Gasteiger partial charge in [0.1, 0.15) is 5.75 Å². The Labute approximate surface area is 142 Å². The lowest BCUT2D eigenvalue weighted by molar-refractivity contribution is -0.131. The summed E-state index contributed by atoms with van der Waals surface area (Å²) >= 11 is 3.41. The molecule has 23 heavy (non-hydrogen) atoms. The Morgan fingerprint density at radius 1 is 1.09 bits per heavy atom. The summed E-state index contributed by atoms with van der Waals surface area (Å²) in [6.07, 6.45) is 3.93. The second kappa shape index (κ2) is 6.75. The van der Waals surface area contributed by atoms with E-state index in [4.69, 9.17) is 4.74 Å². The zero-order valence-corrected chi connectivity index (χ0v) is 14.1. The van der Waals surface area contributed by atoms with Crippen molar-refractivity contribution in [3.05, 3.63) is 70.3 Å². The summed E-state index contributed by atoms with van der Waals surface area (Å²) in [7, 11) is 0. The van der Waals surface area contributed by atoms with Crippen LogP contribution in [-0.4, -0.2) is 11.0 Å². The van der Waals surface area contributed by atoms with Crippen molar-refractivity contribution in [1.29, 1.82) is 0 Å². The summed E-state index contributed by atoms with van der Waals surface area (Å²) in [5, 5.41) is 1.12. The van der Waals surface area contributed by atoms with Gasteiger partial charge in [-0.05, 0) is 51.8 Å². The lowest BCUT2D eigenvalue weighted by Gasteiger charge is -2.04. The van der Waals surface area contributed by atoms with E-state index >= 15 is 0 Å². The normalized spacial score (nSPS) is 11.0. The molecule has 4 heteroatoms. The molecule has 114 valence electrons. The van der Waals surface area contributed by atoms with Gasteiger partial charge in [0.2, 0.25) is 0 Å². The molecule has 0 aliphatic carbocycles. The molecular weight excluding hydrogens is 354 g/mol. The molecule has 0 N–H and O–H groups in total. The molecule has 0 saturated heterocycles. The molecule has 0 unspecified atom stereocenters. The van der Waals surface area contributed by atoms with Crippen molar-refractivity contribution < 1.29 is 9.53 Å². The first kappa shape index (κ1) is 15.4. The summed E-state index contributed by atoms with van der Waals surface area (Å²) in [4.78, 5) is 15.6. The Kier molecular flexibility index (Phi) is 4.53. The number of fused-ring (bicyclic) bond motifs is 1. The molecule has 3 aromatic rings. The van der Waals surface area contributed by atoms with Gasteiger partial charge >= 0.3 is 5.97 Å². The maximum Gasteiger partial charge on any atom is 0.308 e. The number of hydrogen-bond acceptors (Lipinski definition) is 3. The van der Waals surface area contributed by atoms with Crippen LogP contribution in [-0.2, 0) is 4.79 Å². The van der Waals surface area contributed by atoms with Gasteiger partial charge in [-0.2, -0.15) is 0 Å². The van der Waals surface area contributed by atoms with Crippen LogP contribution in [0.5, 0.6) is 5.75 Å². The first-order valence-electron chi connectivity index (χ1n) is 7.14. The van der Waals surface area contributed by atoms with Gasteiger partial charge in [-0.1, -0.05) is 36.4 Å². The van der Waals surface area contributed by atoms with Crippen LogP contribution in [0.1, 0.15) is 18.2 Å². The highest BCUT2D eigenvalue weighted by Gasteiger charge is 2.04. The summed E-state index contributed by atoms with van der Waals surface area (Å²) in [5.41, 5.74) is 2.85. The minimum absolute atomic E-state index is 0.339. The third-order valence-corrected chi connectivity index (χ3v) is 3.90. The topological polar surface area (TPSA) is 39.2 Å². The molecule has 0 fully saturated rings. The number of rotatable bonds is 3. The van der Waals surface area contributed by atoms with E-state index in [-0.39, 0.29) is 5.97 Å². The van der Waals surface area contributed by atoms with Crippen molar-refractivity contribution in [2.45, 2.75) is 6.92 Å². The number of esters is 1. The highest BCUT2D eigenvalue weighted by Crippen LogP contribution is 2.27. The smallest absolute Gasteiger partial charge is 0.308 e. The first-order valence-corrected chi connectivity index (χ1v) is 7.93. The molecule has 0 radical (unpaired) electrons. The van der Waals surface area contributed by atoms with Crippen molar-refractivity contribution in [2.75, 3.05) is 0 Å². The Morgan fingerprint density at radius 2 is 1.91 bits per heavy atom. The zero-order valence-electron chi connectivity index (χ0n) is 12.5. The number of halogens is 1. The van der Waals surface area contributed by atoms with E-state index in [1.165, 1.54) is 6.92 Å². The van der Waals surface area contributed by atoms with E-state index in [0.717, 1.165) is 26.6 Å². The lowest BCUT2D eigenvalue weighted by Crippen LogP contribution is -2.01. The fraction of sp³-hybridized carbons (Fsp3) is 0.0526. The number of aromatic nitrogens is 1. The van der Waals surface area contributed by atoms with Crippen LogP contribution in [0.4, 0.5) is 0 Å². The van der Waals surface area contributed by atoms with Gasteiger partial charge in [-0.25, -0.2) is 4.98 Å². The monoisotopic (exact) mass is 367 g/mol. The highest BCUT2D eigenvalue weighted by molar-refractivity contribution is 9.10. The van der Waals surface area contributed by atoms with Crippen molar-refractivity contribution in [3.8, 4) is 5.75 Å². The highest BCUT2D eigenvalue weighted by atomic mass is 79.9. The van der Waals surface area contributed by atoms with Crippen molar-refractivity contribution in [3.63, 3.8) is 0 Å². The SMILES string of the molecule is CC(=O)Oc1ccc(C=Cc2ccc3ccccc3n2)cc1Br. The Balaban J connectivity index is 1.83. The molecule has 0 aliphatic heterocycles. The molecule has 0 aliphatic rings. The molecule has 0 spiro atoms. The largest absolute Gasteiger partial charge is 0.426 e. The number of hydrogen-bond donors (Lipinski definition) is 0. The van der Waals surface area contributed by atoms with Crippen LogP contribution < -0.4 is 4.74 Å². The fourth-order valence-electron chi connectivity index (χ4n) is 2.21. The number of pyridine rings is 1. The van der Waals surface area contributed by atoms with E-state index in [2.05, 4.69) is 27.0 Å². The number of benzene rings is 2. The molecule has 3 nitrogen and oxygen atoms in total. The van der Waals surface area contributed by atoms with Crippen LogP contribution in [0.15, 0.2) is 59.1 Å². The maximum absolute atomic E-state index is 11.0. The molecule has 1 aromatic heterocycles. The van der Waals surface area contributed by atoms with E-state index < -0.39 is 0 Å². The maximum atomic E-state index is 11.0. The van der Waals surface area contributed by atoms with Crippen LogP contribution in [0.2, 0.25) is 0 Å². The second-order valence-corrected chi connectivity index (χ2v) is 5.90. The number of ether oxygens (including phenoxy) is 1. The summed E-state index contributed by atoms with van der Waals surface area (Å²) in [6.45, 7) is 1.38. The lowest BCUT2D eigenvalue weighted by atomic mass is 10.1. The first-order chi connectivity index (χ1) is 11.1. The summed E-state index contributed by atoms with van der Waals surface area (Å²) in [5.74, 6) is 0.174. The number of para-hydroxylation sites is 1. The molecule has 0 atom stereocenters. The number of nitrogens with zero attached hydrogens (tertiary/aromatic N) is 1. The summed E-state index contributed by atoms with van der Waals surface area (Å²) < 4.78 is 5.83. The molecular formula is C19H14BrNO2. The average Bonchev–Trinajstić information content (AvgIpc) is 2.54. The van der Waals surface area contributed by atoms with Gasteiger partial charge in [-0.15, -0.1) is 0 Å². The van der Waals surface area contributed by atoms with E-state index in [0.29, 0.717) is 5.75 Å². The summed E-state index contributed by atoms with van der Waals surface area (Å²) in [6, 6.07) is 17.6. The molecule has 0 saturated carbocycles. The standard InChI is InChI=1S/C19H14BrNO2/c1-13(22)23-19-11-7-14(12-17(19)20)6-9-16-10-8-15-4-2-3-5-18(15)21-16/h2-12H,1H3. The van der Waals surface area contributed by atoms with Gasteiger partial charge in [0.15, 0.2) is 0 Å². The van der Waals surface area contributed by atoms with Crippen molar-refractivity contribution >= 4 is 45.0 Å². The van der Waals surface area contributed by atoms with Gasteiger partial charge in [0.25, 0.3) is 0 Å². The Bertz CT molecular complexity index is 903. The predicted molar refractivity (Wildman–Crippen MR) is 96.1 cm³/mol. The molecule has 3 rings (SSSR count). The molecule has 0 bridgehead atoms. The van der Waals surface area contributed by atoms with Gasteiger partial charge < -0.3 is 4.74 Å². The van der Waals surface area contributed by atoms with Gasteiger partial charge in [0.05, 0.1) is 15.7 Å². The van der Waals surface area contributed by atoms with Crippen LogP contribution in [0, 0.1) is 0 Å². The minimum atomic E-state index is -0.339. The number of carbonyl (C=O) groups is 1. The van der Waals surface area contributed by atoms with Crippen molar-refractivity contribution in [1.82, 2.24) is 4.98 Å². The van der Waals surface area contributed by atoms with Crippen LogP contribution in [0.25, 0.3) is 23.1 Å². The van der Waals surface area contributed by atoms with E-state index in [1.54, 1.807) is 6.07 Å². The molecule has 1 heterocycles. The third-order valence-electron chi connectivity index (χ3n) is 3.28. The third kappa shape index (κ3) is 3.85. The quantitative estimate of drug-likeness (QED) is 0.477.